The minimum absolute atomic E-state index is 0.872. The fourth-order valence-electron chi connectivity index (χ4n) is 8.16. The predicted octanol–water partition coefficient (Wildman–Crippen LogP) is 14.2. The van der Waals surface area contributed by atoms with Crippen LogP contribution in [0.4, 0.5) is 17.2 Å². The number of rotatable bonds is 6. The highest BCUT2D eigenvalue weighted by atomic mass is 15.2. The van der Waals surface area contributed by atoms with Crippen molar-refractivity contribution in [3.8, 4) is 33.4 Å². The summed E-state index contributed by atoms with van der Waals surface area (Å²) in [5.41, 5.74) is 9.44. The van der Waals surface area contributed by atoms with Gasteiger partial charge in [-0.1, -0.05) is 164 Å². The Bertz CT molecular complexity index is 2920. The van der Waals surface area contributed by atoms with E-state index >= 15 is 0 Å². The van der Waals surface area contributed by atoms with E-state index in [-0.39, 0.29) is 0 Å². The lowest BCUT2D eigenvalue weighted by molar-refractivity contribution is 1.19. The first-order valence-corrected chi connectivity index (χ1v) is 18.1. The molecule has 0 N–H and O–H groups in total. The van der Waals surface area contributed by atoms with Gasteiger partial charge in [-0.25, -0.2) is 4.98 Å². The van der Waals surface area contributed by atoms with Crippen molar-refractivity contribution in [2.45, 2.75) is 0 Å². The molecule has 2 nitrogen and oxygen atoms in total. The standard InChI is InChI=1S/C51H34N2/c1-4-17-36(18-5-1)44-34-45(37-19-6-2-7-20-37)50-43-31-30-39(53(48-29-14-15-32-52-48)47-28-16-24-35-21-10-11-25-40(35)47)33-46(43)41-26-12-13-27-42(41)51(50)49(44)38-22-8-3-9-23-38/h1-34H. The van der Waals surface area contributed by atoms with E-state index in [9.17, 15) is 0 Å². The van der Waals surface area contributed by atoms with Gasteiger partial charge in [0.1, 0.15) is 5.82 Å². The molecule has 10 aromatic rings. The molecule has 0 aliphatic heterocycles. The van der Waals surface area contributed by atoms with Crippen LogP contribution in [0.1, 0.15) is 0 Å². The zero-order valence-electron chi connectivity index (χ0n) is 29.0. The summed E-state index contributed by atoms with van der Waals surface area (Å²) in [6, 6.07) is 72.2. The molecule has 9 aromatic carbocycles. The molecule has 1 heterocycles. The van der Waals surface area contributed by atoms with Crippen molar-refractivity contribution < 1.29 is 0 Å². The first-order chi connectivity index (χ1) is 26.3. The molecule has 0 radical (unpaired) electrons. The van der Waals surface area contributed by atoms with Gasteiger partial charge in [-0.3, -0.25) is 4.90 Å². The Morgan fingerprint density at radius 3 is 1.66 bits per heavy atom. The van der Waals surface area contributed by atoms with Crippen LogP contribution in [0.3, 0.4) is 0 Å². The van der Waals surface area contributed by atoms with Gasteiger partial charge in [-0.15, -0.1) is 0 Å². The fraction of sp³-hybridized carbons (Fsp3) is 0. The molecule has 0 atom stereocenters. The van der Waals surface area contributed by atoms with Gasteiger partial charge in [-0.05, 0) is 107 Å². The molecule has 0 aliphatic carbocycles. The molecule has 2 heteroatoms. The van der Waals surface area contributed by atoms with Crippen molar-refractivity contribution in [2.75, 3.05) is 4.90 Å². The number of hydrogen-bond acceptors (Lipinski definition) is 2. The number of anilines is 3. The molecule has 53 heavy (non-hydrogen) atoms. The van der Waals surface area contributed by atoms with E-state index in [1.54, 1.807) is 0 Å². The van der Waals surface area contributed by atoms with Crippen LogP contribution in [0.15, 0.2) is 206 Å². The maximum absolute atomic E-state index is 4.89. The van der Waals surface area contributed by atoms with Crippen molar-refractivity contribution in [3.05, 3.63) is 206 Å². The fourth-order valence-corrected chi connectivity index (χ4v) is 8.16. The average molecular weight is 675 g/mol. The third kappa shape index (κ3) is 5.23. The second-order valence-corrected chi connectivity index (χ2v) is 13.5. The van der Waals surface area contributed by atoms with Crippen LogP contribution in [-0.4, -0.2) is 4.98 Å². The Morgan fingerprint density at radius 2 is 0.943 bits per heavy atom. The summed E-state index contributed by atoms with van der Waals surface area (Å²) in [4.78, 5) is 7.19. The van der Waals surface area contributed by atoms with Crippen LogP contribution in [0.25, 0.3) is 76.5 Å². The summed E-state index contributed by atoms with van der Waals surface area (Å²) in [6.07, 6.45) is 1.87. The summed E-state index contributed by atoms with van der Waals surface area (Å²) >= 11 is 0. The smallest absolute Gasteiger partial charge is 0.137 e. The Balaban J connectivity index is 1.36. The quantitative estimate of drug-likeness (QED) is 0.163. The third-order valence-corrected chi connectivity index (χ3v) is 10.5. The van der Waals surface area contributed by atoms with Gasteiger partial charge >= 0.3 is 0 Å². The second-order valence-electron chi connectivity index (χ2n) is 13.5. The zero-order valence-corrected chi connectivity index (χ0v) is 29.0. The lowest BCUT2D eigenvalue weighted by Crippen LogP contribution is -2.11. The Labute approximate surface area is 308 Å². The molecule has 0 bridgehead atoms. The van der Waals surface area contributed by atoms with Gasteiger partial charge in [0.25, 0.3) is 0 Å². The van der Waals surface area contributed by atoms with Gasteiger partial charge in [0.05, 0.1) is 5.69 Å². The number of pyridine rings is 1. The molecule has 0 amide bonds. The average Bonchev–Trinajstić information content (AvgIpc) is 3.24. The van der Waals surface area contributed by atoms with E-state index in [4.69, 9.17) is 4.98 Å². The monoisotopic (exact) mass is 674 g/mol. The van der Waals surface area contributed by atoms with Crippen LogP contribution < -0.4 is 4.90 Å². The summed E-state index contributed by atoms with van der Waals surface area (Å²) < 4.78 is 0. The lowest BCUT2D eigenvalue weighted by Gasteiger charge is -2.27. The highest BCUT2D eigenvalue weighted by molar-refractivity contribution is 6.33. The van der Waals surface area contributed by atoms with Crippen LogP contribution in [0.2, 0.25) is 0 Å². The van der Waals surface area contributed by atoms with Crippen molar-refractivity contribution in [2.24, 2.45) is 0 Å². The van der Waals surface area contributed by atoms with Crippen LogP contribution in [0.5, 0.6) is 0 Å². The third-order valence-electron chi connectivity index (χ3n) is 10.5. The number of benzene rings is 9. The largest absolute Gasteiger partial charge is 0.294 e. The van der Waals surface area contributed by atoms with Crippen molar-refractivity contribution in [1.29, 1.82) is 0 Å². The molecule has 0 saturated heterocycles. The number of fused-ring (bicyclic) bond motifs is 7. The molecule has 0 fully saturated rings. The summed E-state index contributed by atoms with van der Waals surface area (Å²) in [6.45, 7) is 0. The van der Waals surface area contributed by atoms with Gasteiger partial charge in [-0.2, -0.15) is 0 Å². The highest BCUT2D eigenvalue weighted by Gasteiger charge is 2.23. The maximum atomic E-state index is 4.89. The summed E-state index contributed by atoms with van der Waals surface area (Å²) in [5.74, 6) is 0.872. The topological polar surface area (TPSA) is 16.1 Å². The van der Waals surface area contributed by atoms with E-state index in [1.807, 2.05) is 12.3 Å². The Hall–Kier alpha value is -7.03. The second kappa shape index (κ2) is 12.9. The summed E-state index contributed by atoms with van der Waals surface area (Å²) in [7, 11) is 0. The molecule has 0 unspecified atom stereocenters. The molecule has 248 valence electrons. The predicted molar refractivity (Wildman–Crippen MR) is 225 cm³/mol. The van der Waals surface area contributed by atoms with E-state index in [0.29, 0.717) is 0 Å². The molecular formula is C51H34N2. The molecule has 0 saturated carbocycles. The van der Waals surface area contributed by atoms with Crippen LogP contribution >= 0.6 is 0 Å². The highest BCUT2D eigenvalue weighted by Crippen LogP contribution is 2.50. The number of hydrogen-bond donors (Lipinski definition) is 0. The first kappa shape index (κ1) is 30.8. The minimum atomic E-state index is 0.872. The number of nitrogens with zero attached hydrogens (tertiary/aromatic N) is 2. The first-order valence-electron chi connectivity index (χ1n) is 18.1. The zero-order chi connectivity index (χ0) is 35.1. The maximum Gasteiger partial charge on any atom is 0.137 e. The Kier molecular flexibility index (Phi) is 7.51. The molecule has 0 aliphatic rings. The molecule has 0 spiro atoms. The SMILES string of the molecule is c1ccc(-c2cc(-c3ccccc3)c3c4ccc(N(c5ccccn5)c5cccc6ccccc56)cc4c4ccccc4c3c2-c2ccccc2)cc1. The van der Waals surface area contributed by atoms with Crippen LogP contribution in [-0.2, 0) is 0 Å². The molecule has 10 rings (SSSR count). The number of aromatic nitrogens is 1. The van der Waals surface area contributed by atoms with Crippen molar-refractivity contribution in [1.82, 2.24) is 4.98 Å². The lowest BCUT2D eigenvalue weighted by atomic mass is 9.81. The van der Waals surface area contributed by atoms with Crippen molar-refractivity contribution in [3.63, 3.8) is 0 Å². The van der Waals surface area contributed by atoms with Gasteiger partial charge < -0.3 is 0 Å². The Morgan fingerprint density at radius 1 is 0.358 bits per heavy atom. The van der Waals surface area contributed by atoms with Gasteiger partial charge in [0.2, 0.25) is 0 Å². The summed E-state index contributed by atoms with van der Waals surface area (Å²) in [5, 5.41) is 9.77. The minimum Gasteiger partial charge on any atom is -0.294 e. The normalized spacial score (nSPS) is 11.4. The molecule has 1 aromatic heterocycles. The molecular weight excluding hydrogens is 641 g/mol. The van der Waals surface area contributed by atoms with Gasteiger partial charge in [0.15, 0.2) is 0 Å². The van der Waals surface area contributed by atoms with E-state index in [0.717, 1.165) is 17.2 Å². The van der Waals surface area contributed by atoms with Crippen LogP contribution in [0, 0.1) is 0 Å². The van der Waals surface area contributed by atoms with Gasteiger partial charge in [0, 0.05) is 17.3 Å². The van der Waals surface area contributed by atoms with E-state index in [1.165, 1.54) is 76.5 Å². The van der Waals surface area contributed by atoms with E-state index < -0.39 is 0 Å². The van der Waals surface area contributed by atoms with E-state index in [2.05, 4.69) is 199 Å². The van der Waals surface area contributed by atoms with Crippen molar-refractivity contribution >= 4 is 60.3 Å².